The minimum Gasteiger partial charge on any atom is -0.510 e. The highest BCUT2D eigenvalue weighted by Crippen LogP contribution is 2.45. The molecule has 1 aromatic heterocycles. The summed E-state index contributed by atoms with van der Waals surface area (Å²) in [6, 6.07) is 15.6. The third-order valence-corrected chi connectivity index (χ3v) is 8.94. The highest BCUT2D eigenvalue weighted by Gasteiger charge is 2.53. The van der Waals surface area contributed by atoms with Crippen molar-refractivity contribution in [1.29, 1.82) is 0 Å². The Labute approximate surface area is 212 Å². The number of nitrogens with zero attached hydrogens (tertiary/aromatic N) is 2. The normalized spacial score (nSPS) is 18.0. The maximum Gasteiger partial charge on any atom is 0.358 e. The largest absolute Gasteiger partial charge is 0.510 e. The number of benzene rings is 2. The number of β-lactam (4-membered cyclic amide) rings is 1. The van der Waals surface area contributed by atoms with Gasteiger partial charge in [0.2, 0.25) is 0 Å². The number of aromatic nitrogens is 1. The SMILES string of the molecule is COC(=O)C(=C(C)O)N1C(=O)C(NC(=O)COc2ccccc2)C1SSc1nc2ccccc2s1. The maximum atomic E-state index is 13.0. The van der Waals surface area contributed by atoms with E-state index in [-0.39, 0.29) is 18.1 Å². The minimum absolute atomic E-state index is 0.272. The van der Waals surface area contributed by atoms with E-state index in [1.807, 2.05) is 30.3 Å². The molecule has 182 valence electrons. The van der Waals surface area contributed by atoms with E-state index >= 15 is 0 Å². The third kappa shape index (κ3) is 5.55. The number of carbonyl (C=O) groups is 3. The van der Waals surface area contributed by atoms with Gasteiger partial charge in [-0.1, -0.05) is 41.1 Å². The van der Waals surface area contributed by atoms with E-state index in [4.69, 9.17) is 9.47 Å². The number of para-hydroxylation sites is 2. The molecule has 4 rings (SSSR count). The lowest BCUT2D eigenvalue weighted by Crippen LogP contribution is -2.69. The zero-order valence-electron chi connectivity index (χ0n) is 18.7. The van der Waals surface area contributed by atoms with Crippen LogP contribution in [0.5, 0.6) is 5.75 Å². The van der Waals surface area contributed by atoms with Crippen LogP contribution < -0.4 is 10.1 Å². The van der Waals surface area contributed by atoms with E-state index in [0.29, 0.717) is 5.75 Å². The van der Waals surface area contributed by atoms with Crippen LogP contribution in [0.4, 0.5) is 0 Å². The number of aliphatic hydroxyl groups excluding tert-OH is 1. The number of amides is 2. The fraction of sp³-hybridized carbons (Fsp3) is 0.217. The monoisotopic (exact) mass is 531 g/mol. The molecular weight excluding hydrogens is 510 g/mol. The number of nitrogens with one attached hydrogen (secondary N) is 1. The summed E-state index contributed by atoms with van der Waals surface area (Å²) in [5, 5.41) is 12.1. The molecule has 0 bridgehead atoms. The highest BCUT2D eigenvalue weighted by molar-refractivity contribution is 8.77. The number of thiazole rings is 1. The van der Waals surface area contributed by atoms with E-state index < -0.39 is 29.2 Å². The van der Waals surface area contributed by atoms with Gasteiger partial charge in [-0.15, -0.1) is 11.3 Å². The Morgan fingerprint density at radius 1 is 1.17 bits per heavy atom. The first-order valence-electron chi connectivity index (χ1n) is 10.4. The standard InChI is InChI=1S/C23H21N3O6S3/c1-13(27)19(22(30)31-2)26-20(29)18(25-17(28)12-32-14-8-4-3-5-9-14)21(26)34-35-23-24-15-10-6-7-11-16(15)33-23/h3-11,18,21,27H,12H2,1-2H3,(H,25,28). The Hall–Kier alpha value is -3.22. The van der Waals surface area contributed by atoms with Gasteiger partial charge >= 0.3 is 5.97 Å². The summed E-state index contributed by atoms with van der Waals surface area (Å²) in [6.07, 6.45) is 0. The molecule has 2 amide bonds. The summed E-state index contributed by atoms with van der Waals surface area (Å²) in [6.45, 7) is 1.01. The van der Waals surface area contributed by atoms with Crippen molar-refractivity contribution in [2.75, 3.05) is 13.7 Å². The number of ether oxygens (including phenoxy) is 2. The Morgan fingerprint density at radius 2 is 1.89 bits per heavy atom. The van der Waals surface area contributed by atoms with E-state index in [9.17, 15) is 19.5 Å². The third-order valence-electron chi connectivity index (χ3n) is 4.93. The van der Waals surface area contributed by atoms with Gasteiger partial charge in [0.1, 0.15) is 22.9 Å². The van der Waals surface area contributed by atoms with Crippen molar-refractivity contribution >= 4 is 60.9 Å². The zero-order chi connectivity index (χ0) is 24.9. The van der Waals surface area contributed by atoms with Crippen molar-refractivity contribution in [3.05, 3.63) is 66.1 Å². The first-order chi connectivity index (χ1) is 16.9. The molecular formula is C23H21N3O6S3. The molecule has 3 aromatic rings. The Kier molecular flexibility index (Phi) is 7.83. The van der Waals surface area contributed by atoms with Crippen LogP contribution in [0.1, 0.15) is 6.92 Å². The molecule has 1 fully saturated rings. The molecule has 1 aliphatic rings. The van der Waals surface area contributed by atoms with Gasteiger partial charge in [-0.3, -0.25) is 14.5 Å². The van der Waals surface area contributed by atoms with Gasteiger partial charge in [-0.25, -0.2) is 9.78 Å². The molecule has 2 unspecified atom stereocenters. The summed E-state index contributed by atoms with van der Waals surface area (Å²) in [4.78, 5) is 43.5. The number of aliphatic hydroxyl groups is 1. The van der Waals surface area contributed by atoms with Gasteiger partial charge in [-0.2, -0.15) is 0 Å². The number of hydrogen-bond acceptors (Lipinski definition) is 10. The fourth-order valence-corrected chi connectivity index (χ4v) is 7.22. The molecule has 0 saturated carbocycles. The van der Waals surface area contributed by atoms with Gasteiger partial charge in [0, 0.05) is 0 Å². The fourth-order valence-electron chi connectivity index (χ4n) is 3.31. The first-order valence-corrected chi connectivity index (χ1v) is 13.4. The number of methoxy groups -OCH3 is 1. The second kappa shape index (κ2) is 11.0. The number of likely N-dealkylation sites (tertiary alicyclic amines) is 1. The quantitative estimate of drug-likeness (QED) is 0.140. The second-order valence-electron chi connectivity index (χ2n) is 7.30. The highest BCUT2D eigenvalue weighted by atomic mass is 33.1. The predicted molar refractivity (Wildman–Crippen MR) is 135 cm³/mol. The molecule has 2 N–H and O–H groups in total. The molecule has 0 radical (unpaired) electrons. The smallest absolute Gasteiger partial charge is 0.358 e. The van der Waals surface area contributed by atoms with Crippen LogP contribution in [0.15, 0.2) is 70.4 Å². The van der Waals surface area contributed by atoms with E-state index in [0.717, 1.165) is 26.6 Å². The van der Waals surface area contributed by atoms with Gasteiger partial charge in [0.05, 0.1) is 17.3 Å². The Morgan fingerprint density at radius 3 is 2.57 bits per heavy atom. The molecule has 2 atom stereocenters. The number of carbonyl (C=O) groups excluding carboxylic acids is 3. The molecule has 12 heteroatoms. The average Bonchev–Trinajstić information content (AvgIpc) is 3.28. The lowest BCUT2D eigenvalue weighted by Gasteiger charge is -2.46. The van der Waals surface area contributed by atoms with Crippen LogP contribution in [0.25, 0.3) is 10.2 Å². The van der Waals surface area contributed by atoms with Gasteiger partial charge in [0.25, 0.3) is 11.8 Å². The molecule has 1 saturated heterocycles. The lowest BCUT2D eigenvalue weighted by molar-refractivity contribution is -0.152. The topological polar surface area (TPSA) is 118 Å². The van der Waals surface area contributed by atoms with Crippen molar-refractivity contribution in [2.45, 2.75) is 22.7 Å². The van der Waals surface area contributed by atoms with E-state index in [1.165, 1.54) is 39.8 Å². The summed E-state index contributed by atoms with van der Waals surface area (Å²) in [7, 11) is 3.72. The molecule has 35 heavy (non-hydrogen) atoms. The van der Waals surface area contributed by atoms with Crippen molar-refractivity contribution in [3.8, 4) is 5.75 Å². The van der Waals surface area contributed by atoms with Crippen molar-refractivity contribution in [2.24, 2.45) is 0 Å². The molecule has 0 spiro atoms. The van der Waals surface area contributed by atoms with Gasteiger partial charge in [0.15, 0.2) is 16.6 Å². The van der Waals surface area contributed by atoms with E-state index in [1.54, 1.807) is 24.3 Å². The number of esters is 1. The number of allylic oxidation sites excluding steroid dienone is 1. The zero-order valence-corrected chi connectivity index (χ0v) is 21.1. The predicted octanol–water partition coefficient (Wildman–Crippen LogP) is 3.73. The molecule has 0 aliphatic carbocycles. The number of hydrogen-bond donors (Lipinski definition) is 2. The number of fused-ring (bicyclic) bond motifs is 1. The number of rotatable bonds is 9. The first kappa shape index (κ1) is 24.9. The Bertz CT molecular complexity index is 1240. The lowest BCUT2D eigenvalue weighted by atomic mass is 10.1. The summed E-state index contributed by atoms with van der Waals surface area (Å²) in [5.41, 5.74) is 0.581. The second-order valence-corrected chi connectivity index (χ2v) is 10.9. The van der Waals surface area contributed by atoms with Crippen molar-refractivity contribution < 1.29 is 29.0 Å². The van der Waals surface area contributed by atoms with Crippen molar-refractivity contribution in [3.63, 3.8) is 0 Å². The van der Waals surface area contributed by atoms with Crippen LogP contribution in [0.2, 0.25) is 0 Å². The molecule has 2 aromatic carbocycles. The summed E-state index contributed by atoms with van der Waals surface area (Å²) >= 11 is 1.49. The van der Waals surface area contributed by atoms with Gasteiger partial charge in [-0.05, 0) is 42.0 Å². The molecule has 1 aliphatic heterocycles. The molecule has 9 nitrogen and oxygen atoms in total. The summed E-state index contributed by atoms with van der Waals surface area (Å²) < 4.78 is 12.0. The summed E-state index contributed by atoms with van der Waals surface area (Å²) in [5.74, 6) is -1.74. The van der Waals surface area contributed by atoms with E-state index in [2.05, 4.69) is 10.3 Å². The van der Waals surface area contributed by atoms with Crippen LogP contribution in [0.3, 0.4) is 0 Å². The van der Waals surface area contributed by atoms with Crippen LogP contribution in [-0.4, -0.2) is 57.9 Å². The van der Waals surface area contributed by atoms with Crippen LogP contribution in [0, 0.1) is 0 Å². The Balaban J connectivity index is 1.49. The van der Waals surface area contributed by atoms with Crippen LogP contribution >= 0.6 is 32.9 Å². The molecule has 2 heterocycles. The van der Waals surface area contributed by atoms with Crippen LogP contribution in [-0.2, 0) is 19.1 Å². The minimum atomic E-state index is -0.937. The van der Waals surface area contributed by atoms with Gasteiger partial charge < -0.3 is 19.9 Å². The maximum absolute atomic E-state index is 13.0. The average molecular weight is 532 g/mol. The van der Waals surface area contributed by atoms with Crippen molar-refractivity contribution in [1.82, 2.24) is 15.2 Å².